The van der Waals surface area contributed by atoms with E-state index in [9.17, 15) is 9.18 Å². The molecular formula is C15H14FN3OS. The fraction of sp³-hybridized carbons (Fsp3) is 0.200. The molecule has 0 unspecified atom stereocenters. The number of nitrogens with one attached hydrogen (secondary N) is 1. The molecule has 0 fully saturated rings. The zero-order valence-corrected chi connectivity index (χ0v) is 12.5. The summed E-state index contributed by atoms with van der Waals surface area (Å²) in [5.41, 5.74) is 2.70. The molecule has 0 spiro atoms. The summed E-state index contributed by atoms with van der Waals surface area (Å²) in [6, 6.07) is 6.46. The summed E-state index contributed by atoms with van der Waals surface area (Å²) < 4.78 is 15.1. The van der Waals surface area contributed by atoms with E-state index in [1.165, 1.54) is 23.5 Å². The first-order valence-electron chi connectivity index (χ1n) is 6.51. The van der Waals surface area contributed by atoms with Gasteiger partial charge in [0.25, 0.3) is 5.56 Å². The molecule has 0 saturated heterocycles. The average Bonchev–Trinajstić information content (AvgIpc) is 2.82. The Hall–Kier alpha value is -2.21. The molecule has 6 heteroatoms. The van der Waals surface area contributed by atoms with E-state index >= 15 is 0 Å². The number of fused-ring (bicyclic) bond motifs is 1. The van der Waals surface area contributed by atoms with Crippen LogP contribution in [0.3, 0.4) is 0 Å². The number of halogens is 1. The molecule has 0 amide bonds. The Morgan fingerprint density at radius 1 is 1.33 bits per heavy atom. The zero-order chi connectivity index (χ0) is 15.0. The molecule has 108 valence electrons. The normalized spacial score (nSPS) is 11.0. The van der Waals surface area contributed by atoms with Gasteiger partial charge in [-0.25, -0.2) is 9.37 Å². The summed E-state index contributed by atoms with van der Waals surface area (Å²) in [5, 5.41) is 4.98. The van der Waals surface area contributed by atoms with Crippen LogP contribution in [0.4, 0.5) is 10.1 Å². The van der Waals surface area contributed by atoms with Crippen molar-refractivity contribution in [1.29, 1.82) is 0 Å². The van der Waals surface area contributed by atoms with Crippen molar-refractivity contribution < 1.29 is 4.39 Å². The van der Waals surface area contributed by atoms with Crippen LogP contribution in [0, 0.1) is 19.7 Å². The van der Waals surface area contributed by atoms with Crippen molar-refractivity contribution in [3.63, 3.8) is 0 Å². The van der Waals surface area contributed by atoms with E-state index in [1.54, 1.807) is 23.5 Å². The number of aromatic nitrogens is 2. The fourth-order valence-electron chi connectivity index (χ4n) is 2.09. The Labute approximate surface area is 124 Å². The van der Waals surface area contributed by atoms with Crippen LogP contribution >= 0.6 is 11.3 Å². The minimum Gasteiger partial charge on any atom is -0.379 e. The van der Waals surface area contributed by atoms with E-state index < -0.39 is 0 Å². The Balaban J connectivity index is 1.85. The van der Waals surface area contributed by atoms with Crippen LogP contribution in [0.15, 0.2) is 34.4 Å². The van der Waals surface area contributed by atoms with Crippen LogP contribution < -0.4 is 10.9 Å². The molecule has 0 aliphatic heterocycles. The molecule has 0 radical (unpaired) electrons. The van der Waals surface area contributed by atoms with Crippen LogP contribution in [0.5, 0.6) is 0 Å². The first-order chi connectivity index (χ1) is 10.0. The van der Waals surface area contributed by atoms with E-state index in [0.717, 1.165) is 5.69 Å². The quantitative estimate of drug-likeness (QED) is 0.808. The molecule has 1 aromatic carbocycles. The lowest BCUT2D eigenvalue weighted by Gasteiger charge is -2.07. The van der Waals surface area contributed by atoms with Crippen molar-refractivity contribution in [2.75, 3.05) is 5.32 Å². The molecule has 2 aromatic heterocycles. The van der Waals surface area contributed by atoms with Crippen LogP contribution in [0.2, 0.25) is 0 Å². The topological polar surface area (TPSA) is 46.4 Å². The van der Waals surface area contributed by atoms with E-state index in [4.69, 9.17) is 0 Å². The second kappa shape index (κ2) is 5.29. The number of nitrogens with zero attached hydrogens (tertiary/aromatic N) is 2. The van der Waals surface area contributed by atoms with Gasteiger partial charge >= 0.3 is 0 Å². The molecule has 1 N–H and O–H groups in total. The fourth-order valence-corrected chi connectivity index (χ4v) is 2.98. The molecule has 0 aliphatic carbocycles. The second-order valence-electron chi connectivity index (χ2n) is 4.90. The van der Waals surface area contributed by atoms with Crippen LogP contribution in [-0.2, 0) is 6.54 Å². The largest absolute Gasteiger partial charge is 0.379 e. The number of rotatable bonds is 3. The standard InChI is InChI=1S/C15H14FN3OS/c1-9-3-4-11(5-13(9)16)17-7-12-6-14(20)19-10(2)8-21-15(19)18-12/h3-6,8,17H,7H2,1-2H3. The summed E-state index contributed by atoms with van der Waals surface area (Å²) in [4.78, 5) is 17.1. The third kappa shape index (κ3) is 2.67. The van der Waals surface area contributed by atoms with Crippen molar-refractivity contribution in [2.24, 2.45) is 0 Å². The number of benzene rings is 1. The Kier molecular flexibility index (Phi) is 3.47. The molecule has 0 saturated carbocycles. The maximum Gasteiger partial charge on any atom is 0.259 e. The number of hydrogen-bond donors (Lipinski definition) is 1. The van der Waals surface area contributed by atoms with Crippen LogP contribution in [-0.4, -0.2) is 9.38 Å². The molecular weight excluding hydrogens is 289 g/mol. The smallest absolute Gasteiger partial charge is 0.259 e. The highest BCUT2D eigenvalue weighted by atomic mass is 32.1. The highest BCUT2D eigenvalue weighted by Crippen LogP contribution is 2.15. The average molecular weight is 303 g/mol. The Morgan fingerprint density at radius 2 is 2.14 bits per heavy atom. The van der Waals surface area contributed by atoms with E-state index in [0.29, 0.717) is 28.5 Å². The van der Waals surface area contributed by atoms with E-state index in [1.807, 2.05) is 12.3 Å². The SMILES string of the molecule is Cc1ccc(NCc2cc(=O)n3c(C)csc3n2)cc1F. The molecule has 3 aromatic rings. The molecule has 3 rings (SSSR count). The van der Waals surface area contributed by atoms with Crippen LogP contribution in [0.25, 0.3) is 4.96 Å². The highest BCUT2D eigenvalue weighted by Gasteiger charge is 2.06. The lowest BCUT2D eigenvalue weighted by Crippen LogP contribution is -2.16. The van der Waals surface area contributed by atoms with E-state index in [-0.39, 0.29) is 11.4 Å². The van der Waals surface area contributed by atoms with Gasteiger partial charge in [-0.05, 0) is 31.5 Å². The predicted molar refractivity (Wildman–Crippen MR) is 82.5 cm³/mol. The maximum atomic E-state index is 13.5. The molecule has 21 heavy (non-hydrogen) atoms. The summed E-state index contributed by atoms with van der Waals surface area (Å²) in [6.07, 6.45) is 0. The summed E-state index contributed by atoms with van der Waals surface area (Å²) in [6.45, 7) is 3.97. The Bertz CT molecular complexity index is 869. The lowest BCUT2D eigenvalue weighted by molar-refractivity contribution is 0.619. The van der Waals surface area contributed by atoms with Gasteiger partial charge < -0.3 is 5.32 Å². The van der Waals surface area contributed by atoms with Gasteiger partial charge in [-0.2, -0.15) is 0 Å². The second-order valence-corrected chi connectivity index (χ2v) is 5.73. The van der Waals surface area contributed by atoms with Gasteiger partial charge in [0.05, 0.1) is 12.2 Å². The van der Waals surface area contributed by atoms with Gasteiger partial charge in [-0.3, -0.25) is 9.20 Å². The first kappa shape index (κ1) is 13.8. The van der Waals surface area contributed by atoms with Crippen molar-refractivity contribution >= 4 is 22.0 Å². The lowest BCUT2D eigenvalue weighted by atomic mass is 10.2. The van der Waals surface area contributed by atoms with Gasteiger partial charge in [0.1, 0.15) is 5.82 Å². The molecule has 0 atom stereocenters. The van der Waals surface area contributed by atoms with Crippen molar-refractivity contribution in [3.05, 3.63) is 62.8 Å². The summed E-state index contributed by atoms with van der Waals surface area (Å²) >= 11 is 1.43. The van der Waals surface area contributed by atoms with Crippen molar-refractivity contribution in [1.82, 2.24) is 9.38 Å². The number of aryl methyl sites for hydroxylation is 2. The van der Waals surface area contributed by atoms with Crippen molar-refractivity contribution in [2.45, 2.75) is 20.4 Å². The maximum absolute atomic E-state index is 13.5. The molecule has 4 nitrogen and oxygen atoms in total. The molecule has 2 heterocycles. The third-order valence-corrected chi connectivity index (χ3v) is 4.22. The molecule has 0 bridgehead atoms. The van der Waals surface area contributed by atoms with Gasteiger partial charge in [0, 0.05) is 22.8 Å². The van der Waals surface area contributed by atoms with Gasteiger partial charge in [-0.1, -0.05) is 6.07 Å². The van der Waals surface area contributed by atoms with Gasteiger partial charge in [0.15, 0.2) is 4.96 Å². The van der Waals surface area contributed by atoms with Gasteiger partial charge in [-0.15, -0.1) is 11.3 Å². The Morgan fingerprint density at radius 3 is 2.90 bits per heavy atom. The minimum absolute atomic E-state index is 0.0920. The summed E-state index contributed by atoms with van der Waals surface area (Å²) in [7, 11) is 0. The predicted octanol–water partition coefficient (Wildman–Crippen LogP) is 3.12. The monoisotopic (exact) mass is 303 g/mol. The summed E-state index contributed by atoms with van der Waals surface area (Å²) in [5.74, 6) is -0.252. The van der Waals surface area contributed by atoms with E-state index in [2.05, 4.69) is 10.3 Å². The number of anilines is 1. The van der Waals surface area contributed by atoms with Crippen LogP contribution in [0.1, 0.15) is 17.0 Å². The van der Waals surface area contributed by atoms with Gasteiger partial charge in [0.2, 0.25) is 0 Å². The number of thiazole rings is 1. The minimum atomic E-state index is -0.252. The third-order valence-electron chi connectivity index (χ3n) is 3.27. The zero-order valence-electron chi connectivity index (χ0n) is 11.7. The first-order valence-corrected chi connectivity index (χ1v) is 7.39. The molecule has 0 aliphatic rings. The number of hydrogen-bond acceptors (Lipinski definition) is 4. The highest BCUT2D eigenvalue weighted by molar-refractivity contribution is 7.15. The van der Waals surface area contributed by atoms with Crippen molar-refractivity contribution in [3.8, 4) is 0 Å².